The Morgan fingerprint density at radius 3 is 1.53 bits per heavy atom. The first kappa shape index (κ1) is 15.7. The minimum atomic E-state index is -3.84. The van der Waals surface area contributed by atoms with Gasteiger partial charge in [-0.1, -0.05) is 0 Å². The summed E-state index contributed by atoms with van der Waals surface area (Å²) >= 11 is -3.84. The van der Waals surface area contributed by atoms with Crippen LogP contribution in [0.5, 0.6) is 0 Å². The molecule has 0 aliphatic heterocycles. The standard InChI is InChI=1S/C10H5F6IO2/c11-7(12)9(15)18-17(19-10(16)8(13)14)6-4-2-1-3-5-6/h1-5H. The van der Waals surface area contributed by atoms with Crippen LogP contribution in [-0.4, -0.2) is 0 Å². The summed E-state index contributed by atoms with van der Waals surface area (Å²) in [6.45, 7) is 0. The van der Waals surface area contributed by atoms with Crippen LogP contribution < -0.4 is 0 Å². The molecule has 0 saturated heterocycles. The van der Waals surface area contributed by atoms with Gasteiger partial charge in [-0.25, -0.2) is 0 Å². The van der Waals surface area contributed by atoms with Crippen molar-refractivity contribution in [2.24, 2.45) is 0 Å². The van der Waals surface area contributed by atoms with Gasteiger partial charge in [0.1, 0.15) is 0 Å². The van der Waals surface area contributed by atoms with Crippen molar-refractivity contribution >= 4 is 20.6 Å². The van der Waals surface area contributed by atoms with Crippen LogP contribution in [-0.2, 0) is 6.13 Å². The molecule has 1 aromatic carbocycles. The predicted octanol–water partition coefficient (Wildman–Crippen LogP) is 5.30. The first-order chi connectivity index (χ1) is 8.91. The zero-order chi connectivity index (χ0) is 14.4. The third-order valence-electron chi connectivity index (χ3n) is 1.48. The van der Waals surface area contributed by atoms with E-state index in [1.54, 1.807) is 0 Å². The summed E-state index contributed by atoms with van der Waals surface area (Å²) in [6.07, 6.45) is -5.57. The van der Waals surface area contributed by atoms with Gasteiger partial charge in [0.25, 0.3) is 0 Å². The Morgan fingerprint density at radius 2 is 1.16 bits per heavy atom. The van der Waals surface area contributed by atoms with E-state index in [0.717, 1.165) is 0 Å². The SMILES string of the molecule is FC(F)=C(F)OI(OC(F)=C(F)F)c1ccccc1. The maximum atomic E-state index is 12.7. The van der Waals surface area contributed by atoms with Crippen LogP contribution in [0.2, 0.25) is 0 Å². The molecular formula is C10H5F6IO2. The van der Waals surface area contributed by atoms with Gasteiger partial charge in [0.2, 0.25) is 0 Å². The fourth-order valence-corrected chi connectivity index (χ4v) is 3.44. The Labute approximate surface area is 111 Å². The summed E-state index contributed by atoms with van der Waals surface area (Å²) in [7, 11) is 0. The van der Waals surface area contributed by atoms with Gasteiger partial charge in [-0.05, 0) is 0 Å². The van der Waals surface area contributed by atoms with Crippen LogP contribution in [0.4, 0.5) is 26.3 Å². The summed E-state index contributed by atoms with van der Waals surface area (Å²) in [5.74, 6) is 0. The van der Waals surface area contributed by atoms with Gasteiger partial charge >= 0.3 is 111 Å². The Morgan fingerprint density at radius 1 is 0.737 bits per heavy atom. The molecule has 9 heteroatoms. The average molecular weight is 398 g/mol. The molecule has 0 heterocycles. The Hall–Kier alpha value is -1.39. The zero-order valence-corrected chi connectivity index (χ0v) is 11.0. The molecule has 0 unspecified atom stereocenters. The van der Waals surface area contributed by atoms with E-state index in [2.05, 4.69) is 6.13 Å². The topological polar surface area (TPSA) is 18.5 Å². The molecule has 19 heavy (non-hydrogen) atoms. The van der Waals surface area contributed by atoms with Gasteiger partial charge in [-0.2, -0.15) is 0 Å². The van der Waals surface area contributed by atoms with Crippen LogP contribution in [0.1, 0.15) is 0 Å². The second-order valence-corrected chi connectivity index (χ2v) is 6.10. The van der Waals surface area contributed by atoms with Crippen molar-refractivity contribution < 1.29 is 32.5 Å². The molecule has 1 rings (SSSR count). The quantitative estimate of drug-likeness (QED) is 0.381. The van der Waals surface area contributed by atoms with Crippen molar-refractivity contribution in [3.8, 4) is 0 Å². The van der Waals surface area contributed by atoms with Gasteiger partial charge in [0.05, 0.1) is 0 Å². The van der Waals surface area contributed by atoms with Crippen molar-refractivity contribution in [3.63, 3.8) is 0 Å². The van der Waals surface area contributed by atoms with Gasteiger partial charge < -0.3 is 0 Å². The average Bonchev–Trinajstić information content (AvgIpc) is 2.38. The van der Waals surface area contributed by atoms with E-state index in [1.165, 1.54) is 30.3 Å². The molecule has 0 aromatic heterocycles. The fraction of sp³-hybridized carbons (Fsp3) is 0. The number of hydrogen-bond acceptors (Lipinski definition) is 2. The molecule has 0 amide bonds. The molecule has 0 bridgehead atoms. The molecule has 0 aliphatic rings. The summed E-state index contributed by atoms with van der Waals surface area (Å²) in [4.78, 5) is 0. The molecule has 0 fully saturated rings. The van der Waals surface area contributed by atoms with Crippen molar-refractivity contribution in [1.82, 2.24) is 0 Å². The van der Waals surface area contributed by atoms with Crippen LogP contribution in [0.25, 0.3) is 0 Å². The molecule has 0 saturated carbocycles. The third kappa shape index (κ3) is 5.01. The molecular weight excluding hydrogens is 393 g/mol. The molecule has 0 spiro atoms. The van der Waals surface area contributed by atoms with Crippen molar-refractivity contribution in [1.29, 1.82) is 0 Å². The van der Waals surface area contributed by atoms with Crippen molar-refractivity contribution in [3.05, 3.63) is 58.1 Å². The monoisotopic (exact) mass is 398 g/mol. The molecule has 0 N–H and O–H groups in total. The first-order valence-corrected chi connectivity index (χ1v) is 7.29. The van der Waals surface area contributed by atoms with Crippen LogP contribution in [0.3, 0.4) is 0 Å². The third-order valence-corrected chi connectivity index (χ3v) is 4.79. The van der Waals surface area contributed by atoms with E-state index in [-0.39, 0.29) is 3.57 Å². The Balaban J connectivity index is 2.99. The van der Waals surface area contributed by atoms with E-state index in [4.69, 9.17) is 0 Å². The molecule has 1 aromatic rings. The number of hydrogen-bond donors (Lipinski definition) is 0. The van der Waals surface area contributed by atoms with E-state index >= 15 is 0 Å². The number of rotatable bonds is 5. The van der Waals surface area contributed by atoms with Gasteiger partial charge in [-0.15, -0.1) is 0 Å². The van der Waals surface area contributed by atoms with Crippen LogP contribution >= 0.6 is 20.6 Å². The molecule has 0 aliphatic carbocycles. The number of halogens is 7. The van der Waals surface area contributed by atoms with Gasteiger partial charge in [0.15, 0.2) is 0 Å². The molecule has 2 nitrogen and oxygen atoms in total. The Kier molecular flexibility index (Phi) is 5.99. The van der Waals surface area contributed by atoms with Crippen LogP contribution in [0.15, 0.2) is 54.5 Å². The number of benzene rings is 1. The molecule has 106 valence electrons. The Bertz CT molecular complexity index is 456. The van der Waals surface area contributed by atoms with Gasteiger partial charge in [-0.3, -0.25) is 0 Å². The molecule has 0 atom stereocenters. The van der Waals surface area contributed by atoms with E-state index in [9.17, 15) is 26.3 Å². The summed E-state index contributed by atoms with van der Waals surface area (Å²) in [5.41, 5.74) is 0. The summed E-state index contributed by atoms with van der Waals surface area (Å²) in [6, 6.07) is 2.32. The second-order valence-electron chi connectivity index (χ2n) is 2.74. The van der Waals surface area contributed by atoms with E-state index in [0.29, 0.717) is 0 Å². The second kappa shape index (κ2) is 7.26. The van der Waals surface area contributed by atoms with E-state index in [1.807, 2.05) is 0 Å². The summed E-state index contributed by atoms with van der Waals surface area (Å²) in [5, 5.41) is 0. The normalized spacial score (nSPS) is 10.5. The van der Waals surface area contributed by atoms with E-state index < -0.39 is 44.8 Å². The first-order valence-electron chi connectivity index (χ1n) is 4.45. The van der Waals surface area contributed by atoms with Gasteiger partial charge in [0, 0.05) is 0 Å². The predicted molar refractivity (Wildman–Crippen MR) is 62.0 cm³/mol. The fourth-order valence-electron chi connectivity index (χ4n) is 0.804. The van der Waals surface area contributed by atoms with Crippen molar-refractivity contribution in [2.75, 3.05) is 0 Å². The zero-order valence-electron chi connectivity index (χ0n) is 8.85. The summed E-state index contributed by atoms with van der Waals surface area (Å²) < 4.78 is 81.1. The van der Waals surface area contributed by atoms with Crippen LogP contribution in [0, 0.1) is 3.57 Å². The molecule has 0 radical (unpaired) electrons. The minimum absolute atomic E-state index is 0.0273. The maximum absolute atomic E-state index is 12.7. The van der Waals surface area contributed by atoms with Crippen molar-refractivity contribution in [2.45, 2.75) is 0 Å².